The predicted molar refractivity (Wildman–Crippen MR) is 84.6 cm³/mol. The summed E-state index contributed by atoms with van der Waals surface area (Å²) in [5.74, 6) is 0.855. The predicted octanol–water partition coefficient (Wildman–Crippen LogP) is 2.10. The van der Waals surface area contributed by atoms with Gasteiger partial charge in [-0.25, -0.2) is 4.98 Å². The minimum Gasteiger partial charge on any atom is -0.371 e. The average Bonchev–Trinajstić information content (AvgIpc) is 2.98. The second-order valence-electron chi connectivity index (χ2n) is 6.01. The van der Waals surface area contributed by atoms with Gasteiger partial charge in [-0.3, -0.25) is 9.88 Å². The Balaban J connectivity index is 1.40. The summed E-state index contributed by atoms with van der Waals surface area (Å²) in [7, 11) is 0. The molecule has 0 amide bonds. The van der Waals surface area contributed by atoms with E-state index >= 15 is 0 Å². The molecule has 22 heavy (non-hydrogen) atoms. The molecule has 5 nitrogen and oxygen atoms in total. The van der Waals surface area contributed by atoms with Crippen LogP contribution in [0.2, 0.25) is 0 Å². The fourth-order valence-corrected chi connectivity index (χ4v) is 3.43. The summed E-state index contributed by atoms with van der Waals surface area (Å²) >= 11 is 0. The minimum absolute atomic E-state index is 0.188. The molecule has 1 N–H and O–H groups in total. The van der Waals surface area contributed by atoms with Crippen LogP contribution in [0.3, 0.4) is 0 Å². The van der Waals surface area contributed by atoms with Crippen molar-refractivity contribution < 1.29 is 4.74 Å². The van der Waals surface area contributed by atoms with Crippen LogP contribution in [0, 0.1) is 0 Å². The molecule has 2 aliphatic heterocycles. The smallest absolute Gasteiger partial charge is 0.144 e. The Morgan fingerprint density at radius 1 is 1.14 bits per heavy atom. The Hall–Kier alpha value is -1.98. The summed E-state index contributed by atoms with van der Waals surface area (Å²) < 4.78 is 6.08. The van der Waals surface area contributed by atoms with E-state index in [1.807, 2.05) is 6.07 Å². The lowest BCUT2D eigenvalue weighted by atomic mass is 10.1. The van der Waals surface area contributed by atoms with Gasteiger partial charge in [0, 0.05) is 37.6 Å². The third kappa shape index (κ3) is 2.82. The summed E-state index contributed by atoms with van der Waals surface area (Å²) in [4.78, 5) is 10.9. The zero-order valence-corrected chi connectivity index (χ0v) is 12.4. The fourth-order valence-electron chi connectivity index (χ4n) is 3.43. The van der Waals surface area contributed by atoms with E-state index < -0.39 is 0 Å². The number of ether oxygens (including phenoxy) is 1. The van der Waals surface area contributed by atoms with Gasteiger partial charge in [0.1, 0.15) is 5.82 Å². The molecule has 2 fully saturated rings. The van der Waals surface area contributed by atoms with Crippen molar-refractivity contribution in [2.75, 3.05) is 25.0 Å². The molecule has 0 radical (unpaired) electrons. The third-order valence-corrected chi connectivity index (χ3v) is 4.50. The zero-order chi connectivity index (χ0) is 14.8. The van der Waals surface area contributed by atoms with Crippen molar-refractivity contribution in [3.8, 4) is 0 Å². The molecule has 0 bridgehead atoms. The van der Waals surface area contributed by atoms with Crippen LogP contribution < -0.4 is 5.32 Å². The van der Waals surface area contributed by atoms with Crippen molar-refractivity contribution in [3.63, 3.8) is 0 Å². The molecular weight excluding hydrogens is 276 g/mol. The molecule has 2 aromatic rings. The van der Waals surface area contributed by atoms with Gasteiger partial charge < -0.3 is 10.1 Å². The Morgan fingerprint density at radius 3 is 2.86 bits per heavy atom. The minimum atomic E-state index is 0.188. The third-order valence-electron chi connectivity index (χ3n) is 4.50. The number of hydrogen-bond acceptors (Lipinski definition) is 5. The van der Waals surface area contributed by atoms with Crippen LogP contribution >= 0.6 is 0 Å². The van der Waals surface area contributed by atoms with Crippen LogP contribution in [0.5, 0.6) is 0 Å². The number of nitrogens with one attached hydrogen (secondary N) is 1. The van der Waals surface area contributed by atoms with Crippen molar-refractivity contribution in [2.24, 2.45) is 0 Å². The zero-order valence-electron chi connectivity index (χ0n) is 12.4. The second kappa shape index (κ2) is 6.02. The van der Waals surface area contributed by atoms with E-state index in [-0.39, 0.29) is 6.10 Å². The molecule has 3 heterocycles. The van der Waals surface area contributed by atoms with Gasteiger partial charge in [0.15, 0.2) is 0 Å². The lowest BCUT2D eigenvalue weighted by Gasteiger charge is -2.35. The van der Waals surface area contributed by atoms with Crippen molar-refractivity contribution in [3.05, 3.63) is 54.5 Å². The van der Waals surface area contributed by atoms with Gasteiger partial charge in [-0.2, -0.15) is 0 Å². The molecule has 2 saturated heterocycles. The van der Waals surface area contributed by atoms with Gasteiger partial charge >= 0.3 is 0 Å². The van der Waals surface area contributed by atoms with E-state index in [1.165, 1.54) is 5.56 Å². The highest BCUT2D eigenvalue weighted by atomic mass is 16.5. The average molecular weight is 296 g/mol. The number of benzene rings is 1. The van der Waals surface area contributed by atoms with Crippen molar-refractivity contribution >= 4 is 5.82 Å². The highest BCUT2D eigenvalue weighted by Gasteiger charge is 2.37. The monoisotopic (exact) mass is 296 g/mol. The highest BCUT2D eigenvalue weighted by molar-refractivity contribution is 5.32. The quantitative estimate of drug-likeness (QED) is 0.940. The van der Waals surface area contributed by atoms with Crippen LogP contribution in [0.15, 0.2) is 48.9 Å². The fraction of sp³-hybridized carbons (Fsp3) is 0.412. The first-order chi connectivity index (χ1) is 10.9. The number of fused-ring (bicyclic) bond motifs is 1. The van der Waals surface area contributed by atoms with Crippen LogP contribution in [0.1, 0.15) is 18.1 Å². The van der Waals surface area contributed by atoms with Crippen LogP contribution in [-0.2, 0) is 4.74 Å². The lowest BCUT2D eigenvalue weighted by molar-refractivity contribution is -0.0501. The maximum absolute atomic E-state index is 6.08. The molecule has 0 spiro atoms. The molecule has 0 aliphatic carbocycles. The molecular formula is C17H20N4O. The highest BCUT2D eigenvalue weighted by Crippen LogP contribution is 2.30. The standard InChI is InChI=1S/C17H20N4O/c1-2-4-13(5-3-1)16-11-21-10-14(8-15(21)12-22-16)20-17-9-18-6-7-19-17/h1-7,9,14-16H,8,10-12H2,(H,19,20)/t14-,15+,16-/m1/s1. The summed E-state index contributed by atoms with van der Waals surface area (Å²) in [6.45, 7) is 2.81. The molecule has 2 aliphatic rings. The van der Waals surface area contributed by atoms with Crippen LogP contribution in [0.25, 0.3) is 0 Å². The second-order valence-corrected chi connectivity index (χ2v) is 6.01. The van der Waals surface area contributed by atoms with Crippen molar-refractivity contribution in [2.45, 2.75) is 24.6 Å². The van der Waals surface area contributed by atoms with Crippen LogP contribution in [0.4, 0.5) is 5.82 Å². The molecule has 5 heteroatoms. The maximum atomic E-state index is 6.08. The normalized spacial score (nSPS) is 28.3. The van der Waals surface area contributed by atoms with Crippen molar-refractivity contribution in [1.29, 1.82) is 0 Å². The molecule has 3 atom stereocenters. The number of hydrogen-bond donors (Lipinski definition) is 1. The lowest BCUT2D eigenvalue weighted by Crippen LogP contribution is -2.42. The summed E-state index contributed by atoms with van der Waals surface area (Å²) in [5.41, 5.74) is 1.27. The SMILES string of the molecule is c1ccc([C@H]2CN3C[C@H](Nc4cnccn4)C[C@H]3CO2)cc1. The molecule has 0 saturated carbocycles. The summed E-state index contributed by atoms with van der Waals surface area (Å²) in [5, 5.41) is 3.48. The summed E-state index contributed by atoms with van der Waals surface area (Å²) in [6.07, 6.45) is 6.48. The Kier molecular flexibility index (Phi) is 3.74. The molecule has 1 aromatic carbocycles. The van der Waals surface area contributed by atoms with E-state index in [0.29, 0.717) is 12.1 Å². The maximum Gasteiger partial charge on any atom is 0.144 e. The van der Waals surface area contributed by atoms with Gasteiger partial charge in [0.05, 0.1) is 18.9 Å². The van der Waals surface area contributed by atoms with E-state index in [2.05, 4.69) is 44.5 Å². The van der Waals surface area contributed by atoms with Gasteiger partial charge in [-0.15, -0.1) is 0 Å². The first-order valence-corrected chi connectivity index (χ1v) is 7.81. The number of morpholine rings is 1. The van der Waals surface area contributed by atoms with Gasteiger partial charge in [-0.1, -0.05) is 30.3 Å². The largest absolute Gasteiger partial charge is 0.371 e. The van der Waals surface area contributed by atoms with Gasteiger partial charge in [0.25, 0.3) is 0 Å². The molecule has 114 valence electrons. The Morgan fingerprint density at radius 2 is 2.05 bits per heavy atom. The van der Waals surface area contributed by atoms with E-state index in [0.717, 1.165) is 31.9 Å². The first-order valence-electron chi connectivity index (χ1n) is 7.81. The van der Waals surface area contributed by atoms with E-state index in [9.17, 15) is 0 Å². The Bertz CT molecular complexity index is 607. The van der Waals surface area contributed by atoms with E-state index in [4.69, 9.17) is 4.74 Å². The molecule has 1 aromatic heterocycles. The number of rotatable bonds is 3. The van der Waals surface area contributed by atoms with E-state index in [1.54, 1.807) is 18.6 Å². The number of aromatic nitrogens is 2. The Labute approximate surface area is 130 Å². The first kappa shape index (κ1) is 13.7. The number of nitrogens with zero attached hydrogens (tertiary/aromatic N) is 3. The van der Waals surface area contributed by atoms with Crippen LogP contribution in [-0.4, -0.2) is 46.6 Å². The van der Waals surface area contributed by atoms with Gasteiger partial charge in [0.2, 0.25) is 0 Å². The molecule has 0 unspecified atom stereocenters. The molecule has 4 rings (SSSR count). The number of anilines is 1. The summed E-state index contributed by atoms with van der Waals surface area (Å²) in [6, 6.07) is 11.4. The van der Waals surface area contributed by atoms with Crippen molar-refractivity contribution in [1.82, 2.24) is 14.9 Å². The van der Waals surface area contributed by atoms with Gasteiger partial charge in [-0.05, 0) is 12.0 Å². The topological polar surface area (TPSA) is 50.3 Å².